The molecule has 31 heavy (non-hydrogen) atoms. The highest BCUT2D eigenvalue weighted by Gasteiger charge is 2.46. The molecule has 0 saturated heterocycles. The number of rotatable bonds is 8. The Bertz CT molecular complexity index is 982. The monoisotopic (exact) mass is 460 g/mol. The smallest absolute Gasteiger partial charge is 0.245 e. The van der Waals surface area contributed by atoms with Crippen molar-refractivity contribution < 1.29 is 8.42 Å². The van der Waals surface area contributed by atoms with Crippen LogP contribution in [0.15, 0.2) is 52.3 Å². The first-order chi connectivity index (χ1) is 14.8. The van der Waals surface area contributed by atoms with Crippen molar-refractivity contribution >= 4 is 33.2 Å². The van der Waals surface area contributed by atoms with Gasteiger partial charge in [-0.3, -0.25) is 0 Å². The number of anilines is 2. The van der Waals surface area contributed by atoms with Crippen LogP contribution in [0.1, 0.15) is 57.9 Å². The number of unbranched alkanes of at least 4 members (excludes halogenated alkanes) is 2. The fraction of sp³-hybridized carbons (Fsp3) is 0.520. The standard InChI is InChI=1S/C25H36N2O2S2/c1-6-8-15-25(16-9-7-2)19-27(21-13-11-10-12-14-21)22-18-23(30-5)20(3)17-24(22)31(28,29)26(25)4/h10-14,17-18H,6-9,15-16,19H2,1-5H3. The van der Waals surface area contributed by atoms with Crippen LogP contribution in [0.25, 0.3) is 0 Å². The predicted molar refractivity (Wildman–Crippen MR) is 133 cm³/mol. The summed E-state index contributed by atoms with van der Waals surface area (Å²) in [5.74, 6) is 0. The van der Waals surface area contributed by atoms with Crippen LogP contribution in [0.5, 0.6) is 0 Å². The summed E-state index contributed by atoms with van der Waals surface area (Å²) >= 11 is 1.67. The molecule has 3 rings (SSSR count). The van der Waals surface area contributed by atoms with Gasteiger partial charge in [0.15, 0.2) is 0 Å². The van der Waals surface area contributed by atoms with E-state index in [1.54, 1.807) is 23.1 Å². The first kappa shape index (κ1) is 24.1. The van der Waals surface area contributed by atoms with Crippen LogP contribution in [0.3, 0.4) is 0 Å². The number of likely N-dealkylation sites (N-methyl/N-ethyl adjacent to an activating group) is 1. The van der Waals surface area contributed by atoms with Gasteiger partial charge in [0.05, 0.1) is 11.2 Å². The molecule has 0 saturated carbocycles. The van der Waals surface area contributed by atoms with Crippen LogP contribution in [0, 0.1) is 6.92 Å². The first-order valence-electron chi connectivity index (χ1n) is 11.3. The molecule has 0 aliphatic carbocycles. The molecular weight excluding hydrogens is 424 g/mol. The Labute approximate surface area is 193 Å². The summed E-state index contributed by atoms with van der Waals surface area (Å²) in [6.07, 6.45) is 7.91. The van der Waals surface area contributed by atoms with Crippen molar-refractivity contribution in [2.45, 2.75) is 74.6 Å². The fourth-order valence-electron chi connectivity index (χ4n) is 4.62. The number of thioether (sulfide) groups is 1. The van der Waals surface area contributed by atoms with Crippen molar-refractivity contribution in [3.8, 4) is 0 Å². The van der Waals surface area contributed by atoms with Gasteiger partial charge in [0, 0.05) is 24.2 Å². The number of nitrogens with zero attached hydrogens (tertiary/aromatic N) is 2. The molecule has 0 N–H and O–H groups in total. The van der Waals surface area contributed by atoms with E-state index in [1.807, 2.05) is 37.4 Å². The first-order valence-corrected chi connectivity index (χ1v) is 14.0. The summed E-state index contributed by atoms with van der Waals surface area (Å²) in [7, 11) is -1.83. The maximum Gasteiger partial charge on any atom is 0.245 e. The van der Waals surface area contributed by atoms with Crippen LogP contribution >= 0.6 is 11.8 Å². The van der Waals surface area contributed by atoms with E-state index in [2.05, 4.69) is 36.9 Å². The van der Waals surface area contributed by atoms with Crippen molar-refractivity contribution in [2.75, 3.05) is 24.7 Å². The van der Waals surface area contributed by atoms with Gasteiger partial charge in [-0.1, -0.05) is 57.7 Å². The maximum absolute atomic E-state index is 14.0. The molecule has 0 aromatic heterocycles. The van der Waals surface area contributed by atoms with E-state index in [9.17, 15) is 8.42 Å². The number of sulfonamides is 1. The average molecular weight is 461 g/mol. The molecular formula is C25H36N2O2S2. The Morgan fingerprint density at radius 2 is 1.65 bits per heavy atom. The predicted octanol–water partition coefficient (Wildman–Crippen LogP) is 6.61. The van der Waals surface area contributed by atoms with Gasteiger partial charge in [0.2, 0.25) is 10.0 Å². The lowest BCUT2D eigenvalue weighted by Gasteiger charge is -2.42. The second-order valence-corrected chi connectivity index (χ2v) is 11.4. The Kier molecular flexibility index (Phi) is 7.76. The fourth-order valence-corrected chi connectivity index (χ4v) is 7.03. The minimum atomic E-state index is -3.63. The van der Waals surface area contributed by atoms with Gasteiger partial charge < -0.3 is 4.90 Å². The minimum Gasteiger partial charge on any atom is -0.338 e. The number of hydrogen-bond acceptors (Lipinski definition) is 4. The SMILES string of the molecule is CCCCC1(CCCC)CN(c2ccccc2)c2cc(SC)c(C)cc2S(=O)(=O)N1C. The summed E-state index contributed by atoms with van der Waals surface area (Å²) in [5.41, 5.74) is 2.41. The van der Waals surface area contributed by atoms with E-state index in [0.29, 0.717) is 11.4 Å². The zero-order chi connectivity index (χ0) is 22.6. The summed E-state index contributed by atoms with van der Waals surface area (Å²) in [6, 6.07) is 14.2. The minimum absolute atomic E-state index is 0.420. The summed E-state index contributed by atoms with van der Waals surface area (Å²) in [6.45, 7) is 7.02. The van der Waals surface area contributed by atoms with E-state index in [-0.39, 0.29) is 0 Å². The topological polar surface area (TPSA) is 40.6 Å². The molecule has 0 spiro atoms. The molecule has 1 aliphatic heterocycles. The molecule has 2 aromatic carbocycles. The van der Waals surface area contributed by atoms with Crippen LogP contribution in [0.2, 0.25) is 0 Å². The van der Waals surface area contributed by atoms with Gasteiger partial charge in [0.25, 0.3) is 0 Å². The molecule has 2 aromatic rings. The third kappa shape index (κ3) is 4.67. The van der Waals surface area contributed by atoms with Crippen molar-refractivity contribution in [2.24, 2.45) is 0 Å². The lowest BCUT2D eigenvalue weighted by atomic mass is 9.86. The molecule has 4 nitrogen and oxygen atoms in total. The van der Waals surface area contributed by atoms with E-state index in [4.69, 9.17) is 0 Å². The second kappa shape index (κ2) is 9.97. The largest absolute Gasteiger partial charge is 0.338 e. The molecule has 0 fully saturated rings. The Morgan fingerprint density at radius 3 is 2.19 bits per heavy atom. The number of hydrogen-bond donors (Lipinski definition) is 0. The van der Waals surface area contributed by atoms with Crippen LogP contribution in [-0.2, 0) is 10.0 Å². The maximum atomic E-state index is 14.0. The van der Waals surface area contributed by atoms with E-state index >= 15 is 0 Å². The summed E-state index contributed by atoms with van der Waals surface area (Å²) in [4.78, 5) is 3.79. The van der Waals surface area contributed by atoms with Crippen LogP contribution in [0.4, 0.5) is 11.4 Å². The van der Waals surface area contributed by atoms with Gasteiger partial charge in [-0.05, 0) is 55.9 Å². The number of para-hydroxylation sites is 1. The van der Waals surface area contributed by atoms with Crippen molar-refractivity contribution in [3.63, 3.8) is 0 Å². The van der Waals surface area contributed by atoms with Crippen molar-refractivity contribution in [1.82, 2.24) is 4.31 Å². The highest BCUT2D eigenvalue weighted by atomic mass is 32.2. The quantitative estimate of drug-likeness (QED) is 0.416. The zero-order valence-electron chi connectivity index (χ0n) is 19.5. The van der Waals surface area contributed by atoms with Gasteiger partial charge in [-0.15, -0.1) is 11.8 Å². The van der Waals surface area contributed by atoms with Gasteiger partial charge in [-0.2, -0.15) is 4.31 Å². The number of aryl methyl sites for hydroxylation is 1. The van der Waals surface area contributed by atoms with Crippen LogP contribution in [-0.4, -0.2) is 38.1 Å². The molecule has 1 heterocycles. The lowest BCUT2D eigenvalue weighted by molar-refractivity contribution is 0.186. The molecule has 0 amide bonds. The number of benzene rings is 2. The molecule has 0 atom stereocenters. The second-order valence-electron chi connectivity index (χ2n) is 8.62. The lowest BCUT2D eigenvalue weighted by Crippen LogP contribution is -2.53. The molecule has 0 bridgehead atoms. The summed E-state index contributed by atoms with van der Waals surface area (Å²) < 4.78 is 29.7. The average Bonchev–Trinajstić information content (AvgIpc) is 2.84. The van der Waals surface area contributed by atoms with Gasteiger partial charge in [0.1, 0.15) is 4.90 Å². The van der Waals surface area contributed by atoms with Gasteiger partial charge >= 0.3 is 0 Å². The molecule has 1 aliphatic rings. The van der Waals surface area contributed by atoms with E-state index in [1.165, 1.54) is 0 Å². The highest BCUT2D eigenvalue weighted by Crippen LogP contribution is 2.45. The Hall–Kier alpha value is -1.50. The van der Waals surface area contributed by atoms with E-state index < -0.39 is 15.6 Å². The van der Waals surface area contributed by atoms with Crippen molar-refractivity contribution in [3.05, 3.63) is 48.0 Å². The molecule has 0 unspecified atom stereocenters. The molecule has 0 radical (unpaired) electrons. The summed E-state index contributed by atoms with van der Waals surface area (Å²) in [5, 5.41) is 0. The highest BCUT2D eigenvalue weighted by molar-refractivity contribution is 7.98. The molecule has 6 heteroatoms. The number of fused-ring (bicyclic) bond motifs is 1. The van der Waals surface area contributed by atoms with Gasteiger partial charge in [-0.25, -0.2) is 8.42 Å². The third-order valence-electron chi connectivity index (χ3n) is 6.59. The van der Waals surface area contributed by atoms with E-state index in [0.717, 1.165) is 60.4 Å². The zero-order valence-corrected chi connectivity index (χ0v) is 21.2. The normalized spacial score (nSPS) is 17.9. The third-order valence-corrected chi connectivity index (χ3v) is 9.46. The van der Waals surface area contributed by atoms with Crippen molar-refractivity contribution in [1.29, 1.82) is 0 Å². The molecule has 170 valence electrons. The Balaban J connectivity index is 2.30. The Morgan fingerprint density at radius 1 is 1.03 bits per heavy atom. The van der Waals surface area contributed by atoms with Crippen LogP contribution < -0.4 is 4.90 Å².